The van der Waals surface area contributed by atoms with Crippen molar-refractivity contribution in [3.63, 3.8) is 0 Å². The molecule has 4 rings (SSSR count). The van der Waals surface area contributed by atoms with Gasteiger partial charge < -0.3 is 21.3 Å². The fourth-order valence-electron chi connectivity index (χ4n) is 5.20. The molecule has 3 saturated heterocycles. The minimum Gasteiger partial charge on any atom is -0.317 e. The smallest absolute Gasteiger partial charge is 0.0137 e. The van der Waals surface area contributed by atoms with E-state index in [1.54, 1.807) is 5.57 Å². The van der Waals surface area contributed by atoms with Crippen LogP contribution >= 0.6 is 0 Å². The summed E-state index contributed by atoms with van der Waals surface area (Å²) in [5.74, 6) is 5.31. The van der Waals surface area contributed by atoms with E-state index >= 15 is 0 Å². The van der Waals surface area contributed by atoms with Gasteiger partial charge in [0.05, 0.1) is 0 Å². The molecule has 4 aliphatic rings. The highest BCUT2D eigenvalue weighted by Crippen LogP contribution is 2.20. The molecule has 0 aromatic rings. The van der Waals surface area contributed by atoms with Crippen molar-refractivity contribution in [1.82, 2.24) is 21.3 Å². The lowest BCUT2D eigenvalue weighted by molar-refractivity contribution is 0.292. The molecule has 0 spiro atoms. The average Bonchev–Trinajstić information content (AvgIpc) is 3.56. The maximum Gasteiger partial charge on any atom is 0.0137 e. The van der Waals surface area contributed by atoms with Crippen LogP contribution in [0.15, 0.2) is 11.6 Å². The van der Waals surface area contributed by atoms with E-state index in [1.807, 2.05) is 0 Å². The van der Waals surface area contributed by atoms with Crippen LogP contribution in [0.2, 0.25) is 0 Å². The van der Waals surface area contributed by atoms with E-state index in [4.69, 9.17) is 0 Å². The van der Waals surface area contributed by atoms with Crippen molar-refractivity contribution < 1.29 is 0 Å². The Kier molecular flexibility index (Phi) is 17.5. The van der Waals surface area contributed by atoms with Crippen LogP contribution in [0.3, 0.4) is 0 Å². The van der Waals surface area contributed by atoms with Crippen LogP contribution in [0.1, 0.15) is 93.9 Å². The van der Waals surface area contributed by atoms with Gasteiger partial charge in [0.15, 0.2) is 0 Å². The van der Waals surface area contributed by atoms with Gasteiger partial charge in [0, 0.05) is 12.6 Å². The first-order valence-electron chi connectivity index (χ1n) is 14.8. The molecule has 4 nitrogen and oxygen atoms in total. The van der Waals surface area contributed by atoms with Gasteiger partial charge >= 0.3 is 0 Å². The molecule has 0 aromatic heterocycles. The van der Waals surface area contributed by atoms with E-state index in [2.05, 4.69) is 82.7 Å². The van der Waals surface area contributed by atoms with Crippen molar-refractivity contribution in [3.05, 3.63) is 11.6 Å². The third-order valence-electron chi connectivity index (χ3n) is 8.11. The Morgan fingerprint density at radius 3 is 1.56 bits per heavy atom. The zero-order valence-corrected chi connectivity index (χ0v) is 24.3. The van der Waals surface area contributed by atoms with Crippen molar-refractivity contribution in [1.29, 1.82) is 0 Å². The van der Waals surface area contributed by atoms with Crippen LogP contribution in [-0.2, 0) is 0 Å². The fourth-order valence-corrected chi connectivity index (χ4v) is 5.20. The molecule has 0 saturated carbocycles. The summed E-state index contributed by atoms with van der Waals surface area (Å²) in [5, 5.41) is 13.5. The standard InChI is InChI=1S/C8H17N.C8H15N.2C7H15N/c2*1-7(2)8-3-5-9-6-4-8;1-6(2)7-3-4-8-5-7;1-6(2)7-4-3-5-8-7/h7-9H,3-6H2,1-2H3;3,7,9H,4-6H2,1-2H3;2*6-8H,3-5H2,1-2H3. The Hall–Kier alpha value is -0.420. The van der Waals surface area contributed by atoms with Crippen molar-refractivity contribution in [2.24, 2.45) is 35.5 Å². The number of piperidine rings is 1. The highest BCUT2D eigenvalue weighted by atomic mass is 14.9. The van der Waals surface area contributed by atoms with Gasteiger partial charge in [0.1, 0.15) is 0 Å². The highest BCUT2D eigenvalue weighted by Gasteiger charge is 2.17. The summed E-state index contributed by atoms with van der Waals surface area (Å²) in [5.41, 5.74) is 1.62. The quantitative estimate of drug-likeness (QED) is 0.383. The lowest BCUT2D eigenvalue weighted by Gasteiger charge is -2.25. The maximum absolute atomic E-state index is 3.46. The fraction of sp³-hybridized carbons (Fsp3) is 0.933. The summed E-state index contributed by atoms with van der Waals surface area (Å²) in [7, 11) is 0. The lowest BCUT2D eigenvalue weighted by Crippen LogP contribution is -2.29. The molecule has 2 unspecified atom stereocenters. The molecule has 0 bridgehead atoms. The molecule has 0 aliphatic carbocycles. The van der Waals surface area contributed by atoms with Gasteiger partial charge in [0.2, 0.25) is 0 Å². The molecule has 4 aliphatic heterocycles. The molecular weight excluding hydrogens is 416 g/mol. The molecule has 2 atom stereocenters. The second-order valence-electron chi connectivity index (χ2n) is 12.2. The van der Waals surface area contributed by atoms with Gasteiger partial charge in [-0.2, -0.15) is 0 Å². The van der Waals surface area contributed by atoms with Crippen LogP contribution in [0, 0.1) is 35.5 Å². The Balaban J connectivity index is 0.000000227. The molecule has 3 fully saturated rings. The van der Waals surface area contributed by atoms with Crippen molar-refractivity contribution in [2.45, 2.75) is 100.0 Å². The molecule has 4 N–H and O–H groups in total. The monoisotopic (exact) mass is 478 g/mol. The Labute approximate surface area is 214 Å². The van der Waals surface area contributed by atoms with E-state index in [0.717, 1.165) is 48.1 Å². The number of hydrogen-bond acceptors (Lipinski definition) is 4. The first-order chi connectivity index (χ1) is 16.2. The SMILES string of the molecule is CC(C)C1=CCNCC1.CC(C)C1CCCN1.CC(C)C1CCNC1.CC(C)C1CCNCC1. The average molecular weight is 479 g/mol. The second-order valence-corrected chi connectivity index (χ2v) is 12.2. The third kappa shape index (κ3) is 14.2. The van der Waals surface area contributed by atoms with Crippen LogP contribution < -0.4 is 21.3 Å². The molecule has 0 radical (unpaired) electrons. The molecule has 202 valence electrons. The summed E-state index contributed by atoms with van der Waals surface area (Å²) in [6.07, 6.45) is 10.5. The lowest BCUT2D eigenvalue weighted by atomic mass is 9.87. The van der Waals surface area contributed by atoms with E-state index in [0.29, 0.717) is 0 Å². The minimum absolute atomic E-state index is 0.757. The van der Waals surface area contributed by atoms with Crippen LogP contribution in [0.25, 0.3) is 0 Å². The molecule has 34 heavy (non-hydrogen) atoms. The summed E-state index contributed by atoms with van der Waals surface area (Å²) < 4.78 is 0. The Morgan fingerprint density at radius 1 is 0.647 bits per heavy atom. The number of rotatable bonds is 4. The van der Waals surface area contributed by atoms with E-state index in [9.17, 15) is 0 Å². The molecule has 0 amide bonds. The first kappa shape index (κ1) is 31.6. The molecular formula is C30H62N4. The molecule has 0 aromatic carbocycles. The largest absolute Gasteiger partial charge is 0.317 e. The van der Waals surface area contributed by atoms with Crippen LogP contribution in [0.4, 0.5) is 0 Å². The summed E-state index contributed by atoms with van der Waals surface area (Å²) in [4.78, 5) is 0. The van der Waals surface area contributed by atoms with Gasteiger partial charge in [0.25, 0.3) is 0 Å². The zero-order chi connectivity index (χ0) is 25.3. The van der Waals surface area contributed by atoms with E-state index in [-0.39, 0.29) is 0 Å². The van der Waals surface area contributed by atoms with Crippen LogP contribution in [-0.4, -0.2) is 51.9 Å². The van der Waals surface area contributed by atoms with Crippen molar-refractivity contribution >= 4 is 0 Å². The summed E-state index contributed by atoms with van der Waals surface area (Å²) >= 11 is 0. The highest BCUT2D eigenvalue weighted by molar-refractivity contribution is 5.08. The number of hydrogen-bond donors (Lipinski definition) is 4. The van der Waals surface area contributed by atoms with Gasteiger partial charge in [-0.25, -0.2) is 0 Å². The van der Waals surface area contributed by atoms with Crippen molar-refractivity contribution in [2.75, 3.05) is 45.8 Å². The number of nitrogens with one attached hydrogen (secondary N) is 4. The maximum atomic E-state index is 3.46. The summed E-state index contributed by atoms with van der Waals surface area (Å²) in [6.45, 7) is 26.8. The van der Waals surface area contributed by atoms with Gasteiger partial charge in [-0.3, -0.25) is 0 Å². The van der Waals surface area contributed by atoms with E-state index in [1.165, 1.54) is 77.8 Å². The summed E-state index contributed by atoms with van der Waals surface area (Å²) in [6, 6.07) is 0.815. The first-order valence-corrected chi connectivity index (χ1v) is 14.8. The van der Waals surface area contributed by atoms with Gasteiger partial charge in [-0.15, -0.1) is 0 Å². The van der Waals surface area contributed by atoms with Crippen molar-refractivity contribution in [3.8, 4) is 0 Å². The molecule has 4 heterocycles. The normalized spacial score (nSPS) is 25.4. The van der Waals surface area contributed by atoms with E-state index < -0.39 is 0 Å². The van der Waals surface area contributed by atoms with Gasteiger partial charge in [-0.1, -0.05) is 67.0 Å². The van der Waals surface area contributed by atoms with Crippen LogP contribution in [0.5, 0.6) is 0 Å². The Morgan fingerprint density at radius 2 is 1.26 bits per heavy atom. The zero-order valence-electron chi connectivity index (χ0n) is 24.3. The molecule has 4 heteroatoms. The predicted octanol–water partition coefficient (Wildman–Crippen LogP) is 5.85. The third-order valence-corrected chi connectivity index (χ3v) is 8.11. The Bertz CT molecular complexity index is 474. The predicted molar refractivity (Wildman–Crippen MR) is 153 cm³/mol. The second kappa shape index (κ2) is 18.8. The topological polar surface area (TPSA) is 48.1 Å². The van der Waals surface area contributed by atoms with Gasteiger partial charge in [-0.05, 0) is 113 Å². The minimum atomic E-state index is 0.757.